The minimum absolute atomic E-state index is 0.0531. The molecular weight excluding hydrogens is 354 g/mol. The van der Waals surface area contributed by atoms with Gasteiger partial charge in [0.05, 0.1) is 16.6 Å². The summed E-state index contributed by atoms with van der Waals surface area (Å²) in [4.78, 5) is 31.5. The molecule has 28 heavy (non-hydrogen) atoms. The molecule has 0 spiro atoms. The Bertz CT molecular complexity index is 1020. The molecule has 144 valence electrons. The van der Waals surface area contributed by atoms with Crippen molar-refractivity contribution in [3.05, 3.63) is 53.6 Å². The van der Waals surface area contributed by atoms with Crippen molar-refractivity contribution in [1.82, 2.24) is 15.3 Å². The lowest BCUT2D eigenvalue weighted by Gasteiger charge is -2.29. The zero-order chi connectivity index (χ0) is 19.7. The number of aromatic amines is 1. The van der Waals surface area contributed by atoms with E-state index in [9.17, 15) is 9.59 Å². The fourth-order valence-electron chi connectivity index (χ4n) is 3.84. The maximum Gasteiger partial charge on any atom is 0.335 e. The first-order chi connectivity index (χ1) is 13.5. The van der Waals surface area contributed by atoms with Gasteiger partial charge in [0.15, 0.2) is 0 Å². The molecule has 4 rings (SSSR count). The monoisotopic (exact) mass is 377 g/mol. The predicted molar refractivity (Wildman–Crippen MR) is 107 cm³/mol. The SMILES string of the molecule is CC1CCCCC1NC(=O)c1ccc2nc(-c3ccc(C(=O)O)cc3)[nH]c2c1. The Labute approximate surface area is 163 Å². The van der Waals surface area contributed by atoms with Gasteiger partial charge in [-0.05, 0) is 49.1 Å². The fraction of sp³-hybridized carbons (Fsp3) is 0.318. The number of hydrogen-bond acceptors (Lipinski definition) is 3. The average molecular weight is 377 g/mol. The van der Waals surface area contributed by atoms with Crippen molar-refractivity contribution >= 4 is 22.9 Å². The molecule has 0 bridgehead atoms. The minimum Gasteiger partial charge on any atom is -0.478 e. The molecule has 2 aromatic carbocycles. The number of fused-ring (bicyclic) bond motifs is 1. The Morgan fingerprint density at radius 3 is 2.50 bits per heavy atom. The van der Waals surface area contributed by atoms with E-state index in [4.69, 9.17) is 5.11 Å². The Balaban J connectivity index is 1.56. The van der Waals surface area contributed by atoms with Gasteiger partial charge in [-0.15, -0.1) is 0 Å². The van der Waals surface area contributed by atoms with E-state index in [0.29, 0.717) is 17.3 Å². The summed E-state index contributed by atoms with van der Waals surface area (Å²) in [6.45, 7) is 2.20. The summed E-state index contributed by atoms with van der Waals surface area (Å²) >= 11 is 0. The number of imidazole rings is 1. The van der Waals surface area contributed by atoms with Crippen LogP contribution in [-0.2, 0) is 0 Å². The van der Waals surface area contributed by atoms with Crippen LogP contribution in [0.25, 0.3) is 22.4 Å². The lowest BCUT2D eigenvalue weighted by Crippen LogP contribution is -2.41. The number of nitrogens with zero attached hydrogens (tertiary/aromatic N) is 1. The van der Waals surface area contributed by atoms with Crippen LogP contribution in [0.1, 0.15) is 53.3 Å². The second-order valence-electron chi connectivity index (χ2n) is 7.54. The fourth-order valence-corrected chi connectivity index (χ4v) is 3.84. The van der Waals surface area contributed by atoms with E-state index in [0.717, 1.165) is 29.4 Å². The molecule has 1 aliphatic rings. The van der Waals surface area contributed by atoms with Gasteiger partial charge in [-0.2, -0.15) is 0 Å². The van der Waals surface area contributed by atoms with Crippen LogP contribution in [0.4, 0.5) is 0 Å². The summed E-state index contributed by atoms with van der Waals surface area (Å²) in [5.74, 6) is 0.140. The number of rotatable bonds is 4. The topological polar surface area (TPSA) is 95.1 Å². The maximum absolute atomic E-state index is 12.7. The standard InChI is InChI=1S/C22H23N3O3/c1-13-4-2-3-5-17(13)25-21(26)16-10-11-18-19(12-16)24-20(23-18)14-6-8-15(9-7-14)22(27)28/h6-13,17H,2-5H2,1H3,(H,23,24)(H,25,26)(H,27,28). The van der Waals surface area contributed by atoms with Gasteiger partial charge in [0.1, 0.15) is 5.82 Å². The highest BCUT2D eigenvalue weighted by Crippen LogP contribution is 2.25. The van der Waals surface area contributed by atoms with Gasteiger partial charge in [-0.3, -0.25) is 4.79 Å². The van der Waals surface area contributed by atoms with Crippen LogP contribution in [0.5, 0.6) is 0 Å². The van der Waals surface area contributed by atoms with Crippen molar-refractivity contribution in [2.75, 3.05) is 0 Å². The number of hydrogen-bond donors (Lipinski definition) is 3. The normalized spacial score (nSPS) is 19.5. The van der Waals surface area contributed by atoms with Crippen molar-refractivity contribution < 1.29 is 14.7 Å². The van der Waals surface area contributed by atoms with Crippen LogP contribution in [0, 0.1) is 5.92 Å². The van der Waals surface area contributed by atoms with Crippen molar-refractivity contribution in [3.8, 4) is 11.4 Å². The lowest BCUT2D eigenvalue weighted by atomic mass is 9.86. The maximum atomic E-state index is 12.7. The summed E-state index contributed by atoms with van der Waals surface area (Å²) in [7, 11) is 0. The van der Waals surface area contributed by atoms with E-state index < -0.39 is 5.97 Å². The number of benzene rings is 2. The number of amides is 1. The van der Waals surface area contributed by atoms with E-state index in [1.165, 1.54) is 12.8 Å². The number of H-pyrrole nitrogens is 1. The van der Waals surface area contributed by atoms with Gasteiger partial charge in [0.2, 0.25) is 0 Å². The average Bonchev–Trinajstić information content (AvgIpc) is 3.13. The molecule has 6 nitrogen and oxygen atoms in total. The zero-order valence-electron chi connectivity index (χ0n) is 15.7. The number of carbonyl (C=O) groups excluding carboxylic acids is 1. The molecule has 1 aliphatic carbocycles. The molecule has 1 heterocycles. The van der Waals surface area contributed by atoms with Gasteiger partial charge in [0.25, 0.3) is 5.91 Å². The van der Waals surface area contributed by atoms with Crippen LogP contribution < -0.4 is 5.32 Å². The smallest absolute Gasteiger partial charge is 0.335 e. The number of nitrogens with one attached hydrogen (secondary N) is 2. The summed E-state index contributed by atoms with van der Waals surface area (Å²) in [5.41, 5.74) is 3.18. The molecule has 0 saturated heterocycles. The van der Waals surface area contributed by atoms with E-state index >= 15 is 0 Å². The molecular formula is C22H23N3O3. The summed E-state index contributed by atoms with van der Waals surface area (Å²) in [5, 5.41) is 12.2. The largest absolute Gasteiger partial charge is 0.478 e. The first-order valence-electron chi connectivity index (χ1n) is 9.65. The van der Waals surface area contributed by atoms with Gasteiger partial charge in [-0.25, -0.2) is 9.78 Å². The Morgan fingerprint density at radius 1 is 1.07 bits per heavy atom. The molecule has 2 unspecified atom stereocenters. The van der Waals surface area contributed by atoms with E-state index in [2.05, 4.69) is 22.2 Å². The van der Waals surface area contributed by atoms with Crippen LogP contribution in [0.15, 0.2) is 42.5 Å². The third-order valence-electron chi connectivity index (χ3n) is 5.58. The number of carboxylic acids is 1. The molecule has 6 heteroatoms. The van der Waals surface area contributed by atoms with Gasteiger partial charge in [0, 0.05) is 17.2 Å². The highest BCUT2D eigenvalue weighted by molar-refractivity contribution is 5.98. The van der Waals surface area contributed by atoms with Crippen LogP contribution in [0.2, 0.25) is 0 Å². The minimum atomic E-state index is -0.959. The molecule has 1 saturated carbocycles. The molecule has 0 aliphatic heterocycles. The highest BCUT2D eigenvalue weighted by Gasteiger charge is 2.23. The summed E-state index contributed by atoms with van der Waals surface area (Å²) in [6, 6.07) is 12.2. The van der Waals surface area contributed by atoms with Crippen molar-refractivity contribution in [2.24, 2.45) is 5.92 Å². The van der Waals surface area contributed by atoms with Gasteiger partial charge >= 0.3 is 5.97 Å². The van der Waals surface area contributed by atoms with Crippen LogP contribution in [-0.4, -0.2) is 33.0 Å². The van der Waals surface area contributed by atoms with Crippen molar-refractivity contribution in [2.45, 2.75) is 38.6 Å². The van der Waals surface area contributed by atoms with Crippen LogP contribution >= 0.6 is 0 Å². The highest BCUT2D eigenvalue weighted by atomic mass is 16.4. The molecule has 3 aromatic rings. The first kappa shape index (κ1) is 18.2. The predicted octanol–water partition coefficient (Wildman–Crippen LogP) is 4.24. The van der Waals surface area contributed by atoms with Gasteiger partial charge < -0.3 is 15.4 Å². The quantitative estimate of drug-likeness (QED) is 0.634. The Kier molecular flexibility index (Phi) is 4.86. The van der Waals surface area contributed by atoms with E-state index in [1.54, 1.807) is 30.3 Å². The summed E-state index contributed by atoms with van der Waals surface area (Å²) in [6.07, 6.45) is 4.60. The molecule has 1 fully saturated rings. The molecule has 0 radical (unpaired) electrons. The van der Waals surface area contributed by atoms with E-state index in [1.807, 2.05) is 12.1 Å². The van der Waals surface area contributed by atoms with E-state index in [-0.39, 0.29) is 17.5 Å². The Morgan fingerprint density at radius 2 is 1.79 bits per heavy atom. The number of carbonyl (C=O) groups is 2. The molecule has 1 aromatic heterocycles. The third kappa shape index (κ3) is 3.63. The number of aromatic carboxylic acids is 1. The molecule has 2 atom stereocenters. The van der Waals surface area contributed by atoms with Gasteiger partial charge in [-0.1, -0.05) is 31.9 Å². The molecule has 1 amide bonds. The van der Waals surface area contributed by atoms with Crippen LogP contribution in [0.3, 0.4) is 0 Å². The Hall–Kier alpha value is -3.15. The second-order valence-corrected chi connectivity index (χ2v) is 7.54. The zero-order valence-corrected chi connectivity index (χ0v) is 15.7. The number of carboxylic acid groups (broad SMARTS) is 1. The molecule has 3 N–H and O–H groups in total. The van der Waals surface area contributed by atoms with Crippen molar-refractivity contribution in [3.63, 3.8) is 0 Å². The van der Waals surface area contributed by atoms with Crippen molar-refractivity contribution in [1.29, 1.82) is 0 Å². The lowest BCUT2D eigenvalue weighted by molar-refractivity contribution is 0.0696. The second kappa shape index (κ2) is 7.46. The number of aromatic nitrogens is 2. The summed E-state index contributed by atoms with van der Waals surface area (Å²) < 4.78 is 0. The third-order valence-corrected chi connectivity index (χ3v) is 5.58. The first-order valence-corrected chi connectivity index (χ1v) is 9.65.